The summed E-state index contributed by atoms with van der Waals surface area (Å²) < 4.78 is 0. The van der Waals surface area contributed by atoms with E-state index in [4.69, 9.17) is 5.26 Å². The fourth-order valence-electron chi connectivity index (χ4n) is 1.24. The molecule has 1 rings (SSSR count). The maximum atomic E-state index is 9.29. The predicted octanol–water partition coefficient (Wildman–Crippen LogP) is 2.72. The van der Waals surface area contributed by atoms with Crippen molar-refractivity contribution in [3.8, 4) is 11.8 Å². The topological polar surface area (TPSA) is 44.0 Å². The van der Waals surface area contributed by atoms with Crippen molar-refractivity contribution in [3.63, 3.8) is 0 Å². The molecule has 0 heterocycles. The second-order valence-corrected chi connectivity index (χ2v) is 3.31. The minimum atomic E-state index is 0.240. The van der Waals surface area contributed by atoms with E-state index in [1.165, 1.54) is 0 Å². The molecule has 2 nitrogen and oxygen atoms in total. The molecule has 2 heteroatoms. The lowest BCUT2D eigenvalue weighted by molar-refractivity contribution is 0.470. The number of nitrogens with zero attached hydrogens (tertiary/aromatic N) is 1. The number of rotatable bonds is 2. The third-order valence-electron chi connectivity index (χ3n) is 2.19. The lowest BCUT2D eigenvalue weighted by atomic mass is 9.97. The molecular formula is C11H13NO. The minimum Gasteiger partial charge on any atom is -0.508 e. The van der Waals surface area contributed by atoms with Gasteiger partial charge in [0, 0.05) is 6.42 Å². The van der Waals surface area contributed by atoms with E-state index >= 15 is 0 Å². The number of aromatic hydroxyl groups is 1. The van der Waals surface area contributed by atoms with Crippen LogP contribution >= 0.6 is 0 Å². The van der Waals surface area contributed by atoms with Gasteiger partial charge in [0.2, 0.25) is 0 Å². The van der Waals surface area contributed by atoms with Gasteiger partial charge in [-0.1, -0.05) is 19.1 Å². The SMILES string of the molecule is Cc1cc(C(C)CC#N)ccc1O. The molecule has 1 atom stereocenters. The van der Waals surface area contributed by atoms with Crippen molar-refractivity contribution in [1.82, 2.24) is 0 Å². The Morgan fingerprint density at radius 2 is 2.23 bits per heavy atom. The molecule has 0 amide bonds. The molecule has 13 heavy (non-hydrogen) atoms. The second-order valence-electron chi connectivity index (χ2n) is 3.31. The van der Waals surface area contributed by atoms with Crippen LogP contribution < -0.4 is 0 Å². The fraction of sp³-hybridized carbons (Fsp3) is 0.364. The van der Waals surface area contributed by atoms with Crippen LogP contribution in [-0.4, -0.2) is 5.11 Å². The van der Waals surface area contributed by atoms with Crippen LogP contribution in [0.25, 0.3) is 0 Å². The molecule has 1 unspecified atom stereocenters. The fourth-order valence-corrected chi connectivity index (χ4v) is 1.24. The van der Waals surface area contributed by atoms with Crippen molar-refractivity contribution in [2.45, 2.75) is 26.2 Å². The third kappa shape index (κ3) is 2.22. The Kier molecular flexibility index (Phi) is 2.92. The first-order valence-electron chi connectivity index (χ1n) is 4.31. The lowest BCUT2D eigenvalue weighted by Crippen LogP contribution is -1.92. The zero-order chi connectivity index (χ0) is 9.84. The Morgan fingerprint density at radius 1 is 1.54 bits per heavy atom. The Bertz CT molecular complexity index is 338. The number of aryl methyl sites for hydroxylation is 1. The van der Waals surface area contributed by atoms with E-state index in [-0.39, 0.29) is 5.92 Å². The van der Waals surface area contributed by atoms with Gasteiger partial charge in [-0.25, -0.2) is 0 Å². The maximum absolute atomic E-state index is 9.29. The molecule has 68 valence electrons. The summed E-state index contributed by atoms with van der Waals surface area (Å²) in [6.07, 6.45) is 0.518. The van der Waals surface area contributed by atoms with Crippen LogP contribution in [0.4, 0.5) is 0 Å². The van der Waals surface area contributed by atoms with E-state index in [2.05, 4.69) is 6.07 Å². The molecule has 0 saturated carbocycles. The molecule has 0 aliphatic heterocycles. The summed E-state index contributed by atoms with van der Waals surface area (Å²) in [5.41, 5.74) is 1.97. The molecule has 0 radical (unpaired) electrons. The summed E-state index contributed by atoms with van der Waals surface area (Å²) in [6.45, 7) is 3.87. The smallest absolute Gasteiger partial charge is 0.118 e. The number of hydrogen-bond acceptors (Lipinski definition) is 2. The molecule has 0 spiro atoms. The van der Waals surface area contributed by atoms with Gasteiger partial charge in [0.05, 0.1) is 6.07 Å². The summed E-state index contributed by atoms with van der Waals surface area (Å²) >= 11 is 0. The lowest BCUT2D eigenvalue weighted by Gasteiger charge is -2.08. The van der Waals surface area contributed by atoms with Gasteiger partial charge in [-0.3, -0.25) is 0 Å². The van der Waals surface area contributed by atoms with Crippen LogP contribution in [0.5, 0.6) is 5.75 Å². The highest BCUT2D eigenvalue weighted by atomic mass is 16.3. The molecule has 1 N–H and O–H groups in total. The molecule has 1 aromatic rings. The number of nitriles is 1. The number of hydrogen-bond donors (Lipinski definition) is 1. The van der Waals surface area contributed by atoms with Crippen molar-refractivity contribution in [2.75, 3.05) is 0 Å². The molecule has 0 fully saturated rings. The molecule has 0 aliphatic carbocycles. The second kappa shape index (κ2) is 3.95. The Hall–Kier alpha value is -1.49. The number of phenolic OH excluding ortho intramolecular Hbond substituents is 1. The number of benzene rings is 1. The monoisotopic (exact) mass is 175 g/mol. The highest BCUT2D eigenvalue weighted by Crippen LogP contribution is 2.24. The Morgan fingerprint density at radius 3 is 2.77 bits per heavy atom. The first kappa shape index (κ1) is 9.60. The quantitative estimate of drug-likeness (QED) is 0.751. The third-order valence-corrected chi connectivity index (χ3v) is 2.19. The molecule has 0 bridgehead atoms. The standard InChI is InChI=1S/C11H13NO/c1-8(5-6-12)10-3-4-11(13)9(2)7-10/h3-4,7-8,13H,5H2,1-2H3. The minimum absolute atomic E-state index is 0.240. The van der Waals surface area contributed by atoms with E-state index in [0.717, 1.165) is 11.1 Å². The summed E-state index contributed by atoms with van der Waals surface area (Å²) in [5, 5.41) is 17.8. The zero-order valence-electron chi connectivity index (χ0n) is 7.91. The van der Waals surface area contributed by atoms with E-state index in [1.807, 2.05) is 26.0 Å². The van der Waals surface area contributed by atoms with Crippen molar-refractivity contribution in [3.05, 3.63) is 29.3 Å². The van der Waals surface area contributed by atoms with Gasteiger partial charge in [0.25, 0.3) is 0 Å². The summed E-state index contributed by atoms with van der Waals surface area (Å²) in [7, 11) is 0. The largest absolute Gasteiger partial charge is 0.508 e. The van der Waals surface area contributed by atoms with Crippen LogP contribution in [0.2, 0.25) is 0 Å². The van der Waals surface area contributed by atoms with Crippen LogP contribution in [0.1, 0.15) is 30.4 Å². The van der Waals surface area contributed by atoms with Gasteiger partial charge in [0.1, 0.15) is 5.75 Å². The first-order chi connectivity index (χ1) is 6.15. The molecular weight excluding hydrogens is 162 g/mol. The van der Waals surface area contributed by atoms with E-state index in [0.29, 0.717) is 12.2 Å². The van der Waals surface area contributed by atoms with Gasteiger partial charge in [-0.05, 0) is 30.0 Å². The van der Waals surface area contributed by atoms with Crippen molar-refractivity contribution in [1.29, 1.82) is 5.26 Å². The highest BCUT2D eigenvalue weighted by molar-refractivity contribution is 5.36. The van der Waals surface area contributed by atoms with Gasteiger partial charge in [-0.15, -0.1) is 0 Å². The van der Waals surface area contributed by atoms with Gasteiger partial charge < -0.3 is 5.11 Å². The van der Waals surface area contributed by atoms with E-state index < -0.39 is 0 Å². The van der Waals surface area contributed by atoms with Crippen LogP contribution in [-0.2, 0) is 0 Å². The molecule has 0 aliphatic rings. The van der Waals surface area contributed by atoms with Gasteiger partial charge in [-0.2, -0.15) is 5.26 Å². The summed E-state index contributed by atoms with van der Waals surface area (Å²) in [5.74, 6) is 0.553. The van der Waals surface area contributed by atoms with Crippen molar-refractivity contribution >= 4 is 0 Å². The first-order valence-corrected chi connectivity index (χ1v) is 4.31. The molecule has 0 aromatic heterocycles. The van der Waals surface area contributed by atoms with E-state index in [1.54, 1.807) is 6.07 Å². The zero-order valence-corrected chi connectivity index (χ0v) is 7.91. The Balaban J connectivity index is 2.91. The maximum Gasteiger partial charge on any atom is 0.118 e. The highest BCUT2D eigenvalue weighted by Gasteiger charge is 2.05. The Labute approximate surface area is 78.4 Å². The van der Waals surface area contributed by atoms with E-state index in [9.17, 15) is 5.11 Å². The van der Waals surface area contributed by atoms with Crippen molar-refractivity contribution in [2.24, 2.45) is 0 Å². The summed E-state index contributed by atoms with van der Waals surface area (Å²) in [6, 6.07) is 7.61. The van der Waals surface area contributed by atoms with Crippen LogP contribution in [0.15, 0.2) is 18.2 Å². The van der Waals surface area contributed by atoms with Crippen molar-refractivity contribution < 1.29 is 5.11 Å². The summed E-state index contributed by atoms with van der Waals surface area (Å²) in [4.78, 5) is 0. The number of phenols is 1. The molecule has 0 saturated heterocycles. The van der Waals surface area contributed by atoms with Gasteiger partial charge >= 0.3 is 0 Å². The normalized spacial score (nSPS) is 12.1. The van der Waals surface area contributed by atoms with Gasteiger partial charge in [0.15, 0.2) is 0 Å². The van der Waals surface area contributed by atoms with Crippen LogP contribution in [0.3, 0.4) is 0 Å². The van der Waals surface area contributed by atoms with Crippen LogP contribution in [0, 0.1) is 18.3 Å². The average molecular weight is 175 g/mol. The predicted molar refractivity (Wildman–Crippen MR) is 51.5 cm³/mol. The average Bonchev–Trinajstić information content (AvgIpc) is 2.10. The molecule has 1 aromatic carbocycles.